The Morgan fingerprint density at radius 3 is 2.85 bits per heavy atom. The van der Waals surface area contributed by atoms with E-state index in [0.29, 0.717) is 0 Å². The Balaban J connectivity index is 1.71. The van der Waals surface area contributed by atoms with Crippen LogP contribution in [0.25, 0.3) is 5.69 Å². The van der Waals surface area contributed by atoms with Gasteiger partial charge in [0.15, 0.2) is 0 Å². The van der Waals surface area contributed by atoms with Crippen LogP contribution in [0.4, 0.5) is 10.5 Å². The average Bonchev–Trinajstić information content (AvgIpc) is 3.03. The Labute approximate surface area is 122 Å². The lowest BCUT2D eigenvalue weighted by Gasteiger charge is -2.26. The van der Waals surface area contributed by atoms with Crippen molar-refractivity contribution in [2.75, 3.05) is 29.9 Å². The molecule has 0 spiro atoms. The van der Waals surface area contributed by atoms with Crippen molar-refractivity contribution in [2.45, 2.75) is 0 Å². The van der Waals surface area contributed by atoms with E-state index in [0.717, 1.165) is 36.0 Å². The van der Waals surface area contributed by atoms with Gasteiger partial charge in [-0.25, -0.2) is 9.48 Å². The molecule has 5 nitrogen and oxygen atoms in total. The standard InChI is InChI=1S/C14H16N4OS/c19-14(17-7-9-20-10-8-17)16-12-3-1-4-13(11-12)18-6-2-5-15-18/h1-6,11H,7-10H2,(H,16,19). The molecule has 0 unspecified atom stereocenters. The molecule has 1 aliphatic rings. The van der Waals surface area contributed by atoms with Crippen LogP contribution in [0.3, 0.4) is 0 Å². The van der Waals surface area contributed by atoms with Gasteiger partial charge < -0.3 is 10.2 Å². The van der Waals surface area contributed by atoms with E-state index in [4.69, 9.17) is 0 Å². The Kier molecular flexibility index (Phi) is 3.92. The topological polar surface area (TPSA) is 50.2 Å². The molecule has 1 fully saturated rings. The first-order chi connectivity index (χ1) is 9.83. The van der Waals surface area contributed by atoms with E-state index < -0.39 is 0 Å². The smallest absolute Gasteiger partial charge is 0.321 e. The van der Waals surface area contributed by atoms with Crippen molar-refractivity contribution in [3.8, 4) is 5.69 Å². The minimum Gasteiger partial charge on any atom is -0.323 e. The molecule has 1 aliphatic heterocycles. The zero-order chi connectivity index (χ0) is 13.8. The summed E-state index contributed by atoms with van der Waals surface area (Å²) in [7, 11) is 0. The molecule has 0 bridgehead atoms. The molecular formula is C14H16N4OS. The molecule has 0 saturated carbocycles. The summed E-state index contributed by atoms with van der Waals surface area (Å²) in [6.07, 6.45) is 3.61. The van der Waals surface area contributed by atoms with Gasteiger partial charge in [-0.3, -0.25) is 0 Å². The number of benzene rings is 1. The molecular weight excluding hydrogens is 272 g/mol. The van der Waals surface area contributed by atoms with Crippen LogP contribution >= 0.6 is 11.8 Å². The molecule has 3 rings (SSSR count). The largest absolute Gasteiger partial charge is 0.323 e. The average molecular weight is 288 g/mol. The summed E-state index contributed by atoms with van der Waals surface area (Å²) < 4.78 is 1.77. The highest BCUT2D eigenvalue weighted by Gasteiger charge is 2.16. The molecule has 0 radical (unpaired) electrons. The zero-order valence-corrected chi connectivity index (χ0v) is 11.8. The second-order valence-electron chi connectivity index (χ2n) is 4.53. The number of nitrogens with one attached hydrogen (secondary N) is 1. The second-order valence-corrected chi connectivity index (χ2v) is 5.76. The number of carbonyl (C=O) groups excluding carboxylic acids is 1. The van der Waals surface area contributed by atoms with Crippen LogP contribution in [0, 0.1) is 0 Å². The monoisotopic (exact) mass is 288 g/mol. The van der Waals surface area contributed by atoms with E-state index >= 15 is 0 Å². The summed E-state index contributed by atoms with van der Waals surface area (Å²) in [5, 5.41) is 7.14. The quantitative estimate of drug-likeness (QED) is 0.923. The number of urea groups is 1. The number of nitrogens with zero attached hydrogens (tertiary/aromatic N) is 3. The third-order valence-corrected chi connectivity index (χ3v) is 4.11. The second kappa shape index (κ2) is 6.00. The third kappa shape index (κ3) is 2.96. The van der Waals surface area contributed by atoms with Crippen molar-refractivity contribution < 1.29 is 4.79 Å². The van der Waals surface area contributed by atoms with Crippen LogP contribution in [-0.2, 0) is 0 Å². The van der Waals surface area contributed by atoms with E-state index in [2.05, 4.69) is 10.4 Å². The minimum absolute atomic E-state index is 0.0251. The molecule has 0 atom stereocenters. The minimum atomic E-state index is -0.0251. The van der Waals surface area contributed by atoms with E-state index in [1.807, 2.05) is 53.2 Å². The van der Waals surface area contributed by atoms with E-state index in [1.54, 1.807) is 10.9 Å². The highest BCUT2D eigenvalue weighted by molar-refractivity contribution is 7.99. The van der Waals surface area contributed by atoms with Crippen molar-refractivity contribution >= 4 is 23.5 Å². The molecule has 1 aromatic carbocycles. The first-order valence-electron chi connectivity index (χ1n) is 6.57. The Bertz CT molecular complexity index is 579. The van der Waals surface area contributed by atoms with Crippen molar-refractivity contribution in [3.63, 3.8) is 0 Å². The van der Waals surface area contributed by atoms with Gasteiger partial charge in [0.1, 0.15) is 0 Å². The zero-order valence-electron chi connectivity index (χ0n) is 11.0. The van der Waals surface area contributed by atoms with Gasteiger partial charge in [-0.1, -0.05) is 6.07 Å². The van der Waals surface area contributed by atoms with Gasteiger partial charge in [0.2, 0.25) is 0 Å². The molecule has 2 amide bonds. The van der Waals surface area contributed by atoms with Crippen LogP contribution in [0.15, 0.2) is 42.7 Å². The van der Waals surface area contributed by atoms with Crippen molar-refractivity contribution in [1.29, 1.82) is 0 Å². The molecule has 0 aliphatic carbocycles. The number of anilines is 1. The number of carbonyl (C=O) groups is 1. The van der Waals surface area contributed by atoms with Crippen LogP contribution in [-0.4, -0.2) is 45.3 Å². The Hall–Kier alpha value is -1.95. The fourth-order valence-electron chi connectivity index (χ4n) is 2.12. The van der Waals surface area contributed by atoms with Gasteiger partial charge in [0, 0.05) is 42.7 Å². The predicted molar refractivity (Wildman–Crippen MR) is 81.5 cm³/mol. The summed E-state index contributed by atoms with van der Waals surface area (Å²) >= 11 is 1.89. The highest BCUT2D eigenvalue weighted by atomic mass is 32.2. The van der Waals surface area contributed by atoms with Gasteiger partial charge in [-0.15, -0.1) is 0 Å². The van der Waals surface area contributed by atoms with E-state index in [9.17, 15) is 4.79 Å². The van der Waals surface area contributed by atoms with Crippen LogP contribution < -0.4 is 5.32 Å². The fourth-order valence-corrected chi connectivity index (χ4v) is 3.02. The maximum atomic E-state index is 12.1. The number of thioether (sulfide) groups is 1. The molecule has 1 N–H and O–H groups in total. The summed E-state index contributed by atoms with van der Waals surface area (Å²) in [6, 6.07) is 9.53. The van der Waals surface area contributed by atoms with Gasteiger partial charge in [0.25, 0.3) is 0 Å². The maximum Gasteiger partial charge on any atom is 0.321 e. The summed E-state index contributed by atoms with van der Waals surface area (Å²) in [5.41, 5.74) is 1.73. The first kappa shape index (κ1) is 13.1. The molecule has 20 heavy (non-hydrogen) atoms. The van der Waals surface area contributed by atoms with E-state index in [1.165, 1.54) is 0 Å². The first-order valence-corrected chi connectivity index (χ1v) is 7.72. The molecule has 1 aromatic heterocycles. The molecule has 6 heteroatoms. The summed E-state index contributed by atoms with van der Waals surface area (Å²) in [6.45, 7) is 1.63. The number of rotatable bonds is 2. The Morgan fingerprint density at radius 1 is 1.25 bits per heavy atom. The number of amides is 2. The van der Waals surface area contributed by atoms with Gasteiger partial charge in [0.05, 0.1) is 5.69 Å². The van der Waals surface area contributed by atoms with Crippen LogP contribution in [0.5, 0.6) is 0 Å². The summed E-state index contributed by atoms with van der Waals surface area (Å²) in [5.74, 6) is 2.03. The van der Waals surface area contributed by atoms with Crippen LogP contribution in [0.2, 0.25) is 0 Å². The third-order valence-electron chi connectivity index (χ3n) is 3.16. The van der Waals surface area contributed by atoms with Crippen molar-refractivity contribution in [1.82, 2.24) is 14.7 Å². The van der Waals surface area contributed by atoms with Crippen LogP contribution in [0.1, 0.15) is 0 Å². The fraction of sp³-hybridized carbons (Fsp3) is 0.286. The van der Waals surface area contributed by atoms with Crippen molar-refractivity contribution in [2.24, 2.45) is 0 Å². The molecule has 104 valence electrons. The predicted octanol–water partition coefficient (Wildman–Crippen LogP) is 2.45. The molecule has 2 aromatic rings. The normalized spacial score (nSPS) is 15.1. The lowest BCUT2D eigenvalue weighted by molar-refractivity contribution is 0.217. The highest BCUT2D eigenvalue weighted by Crippen LogP contribution is 2.16. The lowest BCUT2D eigenvalue weighted by Crippen LogP contribution is -2.40. The number of hydrogen-bond acceptors (Lipinski definition) is 3. The molecule has 2 heterocycles. The summed E-state index contributed by atoms with van der Waals surface area (Å²) in [4.78, 5) is 14.0. The van der Waals surface area contributed by atoms with Crippen molar-refractivity contribution in [3.05, 3.63) is 42.7 Å². The van der Waals surface area contributed by atoms with Gasteiger partial charge in [-0.05, 0) is 24.3 Å². The SMILES string of the molecule is O=C(Nc1cccc(-n2cccn2)c1)N1CCSCC1. The maximum absolute atomic E-state index is 12.1. The van der Waals surface area contributed by atoms with Gasteiger partial charge in [-0.2, -0.15) is 16.9 Å². The number of hydrogen-bond donors (Lipinski definition) is 1. The van der Waals surface area contributed by atoms with E-state index in [-0.39, 0.29) is 6.03 Å². The Morgan fingerprint density at radius 2 is 2.10 bits per heavy atom. The number of aromatic nitrogens is 2. The lowest BCUT2D eigenvalue weighted by atomic mass is 10.3. The van der Waals surface area contributed by atoms with Gasteiger partial charge >= 0.3 is 6.03 Å². The molecule has 1 saturated heterocycles.